The van der Waals surface area contributed by atoms with E-state index >= 15 is 0 Å². The number of nitrogens with one attached hydrogen (secondary N) is 1. The number of hydrogen-bond donors (Lipinski definition) is 1. The highest BCUT2D eigenvalue weighted by Gasteiger charge is 2.15. The largest absolute Gasteiger partial charge is 0.331 e. The third kappa shape index (κ3) is 3.23. The molecular weight excluding hydrogens is 386 g/mol. The Morgan fingerprint density at radius 2 is 1.71 bits per heavy atom. The number of nitrogens with zero attached hydrogens (tertiary/aromatic N) is 1. The average Bonchev–Trinajstić information content (AvgIpc) is 2.67. The summed E-state index contributed by atoms with van der Waals surface area (Å²) in [6.07, 6.45) is 0. The van der Waals surface area contributed by atoms with Crippen LogP contribution in [0.1, 0.15) is 0 Å². The molecule has 140 valence electrons. The molecule has 1 aromatic heterocycles. The van der Waals surface area contributed by atoms with E-state index in [1.54, 1.807) is 47.0 Å². The number of carbonyl (C=O) groups is 1. The van der Waals surface area contributed by atoms with Crippen LogP contribution in [0.4, 0.5) is 14.5 Å². The monoisotopic (exact) mass is 398 g/mol. The molecule has 0 unspecified atom stereocenters. The third-order valence-corrected chi connectivity index (χ3v) is 4.68. The van der Waals surface area contributed by atoms with Crippen LogP contribution in [0, 0.1) is 11.6 Å². The average molecular weight is 399 g/mol. The van der Waals surface area contributed by atoms with Gasteiger partial charge >= 0.3 is 0 Å². The van der Waals surface area contributed by atoms with Gasteiger partial charge in [-0.2, -0.15) is 0 Å². The van der Waals surface area contributed by atoms with Crippen molar-refractivity contribution in [3.8, 4) is 0 Å². The predicted molar refractivity (Wildman–Crippen MR) is 106 cm³/mol. The number of halogens is 3. The second-order valence-corrected chi connectivity index (χ2v) is 6.70. The molecule has 4 nitrogen and oxygen atoms in total. The van der Waals surface area contributed by atoms with E-state index in [0.717, 1.165) is 12.1 Å². The smallest absolute Gasteiger partial charge is 0.244 e. The molecule has 0 saturated heterocycles. The molecule has 28 heavy (non-hydrogen) atoms. The first-order valence-electron chi connectivity index (χ1n) is 8.40. The minimum Gasteiger partial charge on any atom is -0.331 e. The van der Waals surface area contributed by atoms with E-state index in [-0.39, 0.29) is 17.7 Å². The number of hydrogen-bond acceptors (Lipinski definition) is 2. The number of amides is 1. The van der Waals surface area contributed by atoms with Crippen LogP contribution in [-0.2, 0) is 11.3 Å². The van der Waals surface area contributed by atoms with Gasteiger partial charge in [0.25, 0.3) is 0 Å². The lowest BCUT2D eigenvalue weighted by molar-refractivity contribution is -0.116. The molecule has 0 spiro atoms. The summed E-state index contributed by atoms with van der Waals surface area (Å²) in [5.74, 6) is -2.12. The third-order valence-electron chi connectivity index (χ3n) is 4.44. The van der Waals surface area contributed by atoms with Gasteiger partial charge in [0.2, 0.25) is 5.91 Å². The van der Waals surface area contributed by atoms with Crippen molar-refractivity contribution in [1.29, 1.82) is 0 Å². The van der Waals surface area contributed by atoms with Crippen molar-refractivity contribution in [1.82, 2.24) is 4.57 Å². The molecule has 0 atom stereocenters. The molecule has 0 aliphatic carbocycles. The van der Waals surface area contributed by atoms with Crippen molar-refractivity contribution in [2.45, 2.75) is 6.54 Å². The molecule has 1 amide bonds. The van der Waals surface area contributed by atoms with Gasteiger partial charge in [-0.05, 0) is 42.5 Å². The highest BCUT2D eigenvalue weighted by molar-refractivity contribution is 6.31. The maximum absolute atomic E-state index is 13.8. The topological polar surface area (TPSA) is 51.1 Å². The number of para-hydroxylation sites is 1. The summed E-state index contributed by atoms with van der Waals surface area (Å²) < 4.78 is 28.6. The fraction of sp³-hybridized carbons (Fsp3) is 0.0476. The maximum Gasteiger partial charge on any atom is 0.244 e. The molecule has 0 fully saturated rings. The van der Waals surface area contributed by atoms with Gasteiger partial charge in [0.1, 0.15) is 18.2 Å². The Bertz CT molecular complexity index is 1300. The molecule has 1 heterocycles. The summed E-state index contributed by atoms with van der Waals surface area (Å²) in [5, 5.41) is 3.67. The van der Waals surface area contributed by atoms with Crippen LogP contribution in [0.15, 0.2) is 65.5 Å². The quantitative estimate of drug-likeness (QED) is 0.507. The van der Waals surface area contributed by atoms with Crippen molar-refractivity contribution in [2.75, 3.05) is 5.32 Å². The molecule has 0 aliphatic rings. The van der Waals surface area contributed by atoms with E-state index in [9.17, 15) is 18.4 Å². The van der Waals surface area contributed by atoms with Gasteiger partial charge in [0.05, 0.1) is 16.7 Å². The van der Waals surface area contributed by atoms with Crippen molar-refractivity contribution >= 4 is 45.0 Å². The zero-order valence-corrected chi connectivity index (χ0v) is 15.1. The van der Waals surface area contributed by atoms with Crippen LogP contribution in [0.2, 0.25) is 5.02 Å². The summed E-state index contributed by atoms with van der Waals surface area (Å²) in [6, 6.07) is 14.7. The Balaban J connectivity index is 1.81. The van der Waals surface area contributed by atoms with E-state index in [1.165, 1.54) is 0 Å². The Kier molecular flexibility index (Phi) is 4.57. The van der Waals surface area contributed by atoms with Crippen LogP contribution in [-0.4, -0.2) is 10.5 Å². The Labute approximate surface area is 163 Å². The minimum absolute atomic E-state index is 0.121. The lowest BCUT2D eigenvalue weighted by Gasteiger charge is -2.15. The van der Waals surface area contributed by atoms with Gasteiger partial charge < -0.3 is 9.88 Å². The number of aromatic nitrogens is 1. The number of anilines is 1. The number of benzene rings is 3. The fourth-order valence-electron chi connectivity index (χ4n) is 3.20. The molecular formula is C21H13ClF2N2O2. The molecule has 7 heteroatoms. The first-order chi connectivity index (χ1) is 13.4. The molecule has 0 bridgehead atoms. The SMILES string of the molecule is O=C(Cn1c2ccccc2c(=O)c2cc(Cl)ccc21)Nc1ccc(F)cc1F. The summed E-state index contributed by atoms with van der Waals surface area (Å²) in [6.45, 7) is -0.171. The Hall–Kier alpha value is -3.25. The van der Waals surface area contributed by atoms with Gasteiger partial charge in [-0.3, -0.25) is 9.59 Å². The van der Waals surface area contributed by atoms with E-state index in [2.05, 4.69) is 5.32 Å². The second kappa shape index (κ2) is 7.05. The van der Waals surface area contributed by atoms with Crippen LogP contribution in [0.3, 0.4) is 0 Å². The maximum atomic E-state index is 13.8. The van der Waals surface area contributed by atoms with Gasteiger partial charge in [-0.1, -0.05) is 23.7 Å². The van der Waals surface area contributed by atoms with E-state index in [4.69, 9.17) is 11.6 Å². The van der Waals surface area contributed by atoms with Gasteiger partial charge in [0, 0.05) is 21.9 Å². The van der Waals surface area contributed by atoms with Crippen molar-refractivity contribution in [2.24, 2.45) is 0 Å². The van der Waals surface area contributed by atoms with Crippen LogP contribution in [0.5, 0.6) is 0 Å². The van der Waals surface area contributed by atoms with E-state index in [0.29, 0.717) is 32.9 Å². The molecule has 1 N–H and O–H groups in total. The van der Waals surface area contributed by atoms with Gasteiger partial charge in [-0.25, -0.2) is 8.78 Å². The minimum atomic E-state index is -0.866. The van der Waals surface area contributed by atoms with Gasteiger partial charge in [0.15, 0.2) is 5.43 Å². The Morgan fingerprint density at radius 3 is 2.50 bits per heavy atom. The van der Waals surface area contributed by atoms with E-state index < -0.39 is 17.5 Å². The van der Waals surface area contributed by atoms with Crippen molar-refractivity contribution in [3.63, 3.8) is 0 Å². The van der Waals surface area contributed by atoms with Crippen LogP contribution >= 0.6 is 11.6 Å². The van der Waals surface area contributed by atoms with Crippen LogP contribution < -0.4 is 10.7 Å². The molecule has 3 aromatic carbocycles. The number of pyridine rings is 1. The van der Waals surface area contributed by atoms with Gasteiger partial charge in [-0.15, -0.1) is 0 Å². The molecule has 4 rings (SSSR count). The van der Waals surface area contributed by atoms with Crippen LogP contribution in [0.25, 0.3) is 21.8 Å². The summed E-state index contributed by atoms with van der Waals surface area (Å²) in [5.41, 5.74) is 0.790. The number of fused-ring (bicyclic) bond motifs is 2. The van der Waals surface area contributed by atoms with Crippen molar-refractivity contribution in [3.05, 3.63) is 87.5 Å². The number of rotatable bonds is 3. The predicted octanol–water partition coefficient (Wildman–Crippen LogP) is 4.73. The van der Waals surface area contributed by atoms with E-state index in [1.807, 2.05) is 0 Å². The lowest BCUT2D eigenvalue weighted by atomic mass is 10.1. The standard InChI is InChI=1S/C21H13ClF2N2O2/c22-12-5-8-19-15(9-12)21(28)14-3-1-2-4-18(14)26(19)11-20(27)25-17-7-6-13(23)10-16(17)24/h1-10H,11H2,(H,25,27). The lowest BCUT2D eigenvalue weighted by Crippen LogP contribution is -2.22. The summed E-state index contributed by atoms with van der Waals surface area (Å²) >= 11 is 6.04. The zero-order chi connectivity index (χ0) is 19.8. The molecule has 0 aliphatic heterocycles. The van der Waals surface area contributed by atoms with Crippen molar-refractivity contribution < 1.29 is 13.6 Å². The number of carbonyl (C=O) groups excluding carboxylic acids is 1. The summed E-state index contributed by atoms with van der Waals surface area (Å²) in [7, 11) is 0. The first-order valence-corrected chi connectivity index (χ1v) is 8.77. The zero-order valence-electron chi connectivity index (χ0n) is 14.4. The second-order valence-electron chi connectivity index (χ2n) is 6.27. The normalized spacial score (nSPS) is 11.1. The highest BCUT2D eigenvalue weighted by Crippen LogP contribution is 2.23. The molecule has 0 radical (unpaired) electrons. The summed E-state index contributed by atoms with van der Waals surface area (Å²) in [4.78, 5) is 25.3. The first kappa shape index (κ1) is 18.1. The Morgan fingerprint density at radius 1 is 0.964 bits per heavy atom. The molecule has 0 saturated carbocycles. The molecule has 4 aromatic rings. The fourth-order valence-corrected chi connectivity index (χ4v) is 3.37. The highest BCUT2D eigenvalue weighted by atomic mass is 35.5.